The number of sulfone groups is 3. The summed E-state index contributed by atoms with van der Waals surface area (Å²) < 4.78 is 161. The molecule has 0 bridgehead atoms. The van der Waals surface area contributed by atoms with E-state index in [1.54, 1.807) is 27.7 Å². The molecule has 3 amide bonds. The van der Waals surface area contributed by atoms with Crippen molar-refractivity contribution >= 4 is 146 Å². The molecule has 126 heavy (non-hydrogen) atoms. The molecule has 0 saturated heterocycles. The van der Waals surface area contributed by atoms with Gasteiger partial charge in [0.2, 0.25) is 47.1 Å². The number of hydrogen-bond acceptors (Lipinski definition) is 27. The van der Waals surface area contributed by atoms with Gasteiger partial charge >= 0.3 is 24.0 Å². The highest BCUT2D eigenvalue weighted by Crippen LogP contribution is 2.51. The van der Waals surface area contributed by atoms with Crippen molar-refractivity contribution in [3.05, 3.63) is 214 Å². The zero-order valence-corrected chi connectivity index (χ0v) is 77.2. The molecule has 3 aliphatic heterocycles. The molecule has 31 nitrogen and oxygen atoms in total. The standard InChI is InChI=1S/C27H29N3O7S3.C18H15ClO3.C18H16O4.C12H19N3O5S3.C10H16N2O4S3/c1-3-30(23-12-16(2)39(33,34)26-21(23)13-25(38-26)40(28,35)36)24(31)14-29-27(32)37-15-22-19-10-6-4-8-17(19)18-9-5-7-11-20(18)22;2*19-17(20)9-10-18(21)22-11-16-14-7-3-1-5-12(14)13-6-2-4-8-15(13)16;1-3-15(10(16)6-13)9-4-7(2)22(17,18)12-8(9)5-11(21-12)23(14,19)20;1-3-12-8-4-6(2)18(13,14)10-7(8)5-9(17-10)19(11,15)16/h4-11,13,16,22-23H,3,12,14-15H2,1-2H3,(H,29,32)(H2,28,35,36);1-8,16H,9-11H2;1-8,16H,9-11H2,(H,19,20);5,7,9H,3-4,6,13H2,1-2H3,(H2,14,19,20);5-6,8,12H,3-4H2,1-2H3,(H2,11,15,16)/t16-,23-;;;7-,9-;6-,8-/m0..00/s1. The van der Waals surface area contributed by atoms with Crippen molar-refractivity contribution in [3.8, 4) is 33.4 Å². The molecule has 9 aromatic rings. The molecule has 3 aromatic heterocycles. The number of nitrogens with two attached hydrogens (primary N) is 4. The molecular formula is C85H95ClN8O23S9. The molecule has 0 saturated carbocycles. The highest BCUT2D eigenvalue weighted by Gasteiger charge is 2.46. The van der Waals surface area contributed by atoms with Gasteiger partial charge in [-0.3, -0.25) is 28.8 Å². The van der Waals surface area contributed by atoms with Crippen LogP contribution in [-0.2, 0) is 103 Å². The number of amides is 3. The first-order valence-corrected chi connectivity index (χ1v) is 52.0. The number of primary sulfonamides is 3. The van der Waals surface area contributed by atoms with E-state index < -0.39 is 123 Å². The molecule has 0 radical (unpaired) electrons. The molecule has 11 N–H and O–H groups in total. The van der Waals surface area contributed by atoms with Crippen LogP contribution >= 0.6 is 45.6 Å². The van der Waals surface area contributed by atoms with Crippen LogP contribution < -0.4 is 31.8 Å². The molecule has 674 valence electrons. The summed E-state index contributed by atoms with van der Waals surface area (Å²) in [6.07, 6.45) is -0.294. The van der Waals surface area contributed by atoms with Crippen molar-refractivity contribution in [2.75, 3.05) is 52.5 Å². The Morgan fingerprint density at radius 3 is 1.06 bits per heavy atom. The predicted octanol–water partition coefficient (Wildman–Crippen LogP) is 10.9. The van der Waals surface area contributed by atoms with Crippen LogP contribution in [0.4, 0.5) is 4.79 Å². The zero-order chi connectivity index (χ0) is 91.9. The highest BCUT2D eigenvalue weighted by atomic mass is 35.5. The van der Waals surface area contributed by atoms with Gasteiger partial charge in [-0.1, -0.05) is 153 Å². The molecule has 0 unspecified atom stereocenters. The summed E-state index contributed by atoms with van der Waals surface area (Å²) in [5.41, 5.74) is 20.2. The van der Waals surface area contributed by atoms with Gasteiger partial charge in [-0.2, -0.15) is 0 Å². The highest BCUT2D eigenvalue weighted by molar-refractivity contribution is 7.96. The maximum atomic E-state index is 13.2. The van der Waals surface area contributed by atoms with Crippen LogP contribution in [-0.4, -0.2) is 175 Å². The zero-order valence-electron chi connectivity index (χ0n) is 69.1. The number of carboxylic acids is 1. The first kappa shape index (κ1) is 97.1. The van der Waals surface area contributed by atoms with E-state index in [0.29, 0.717) is 53.3 Å². The monoisotopic (exact) mass is 1920 g/mol. The first-order valence-electron chi connectivity index (χ1n) is 39.9. The van der Waals surface area contributed by atoms with Gasteiger partial charge in [0.1, 0.15) is 51.6 Å². The molecule has 6 heterocycles. The third kappa shape index (κ3) is 21.6. The number of thiophene rings is 3. The van der Waals surface area contributed by atoms with Crippen molar-refractivity contribution in [3.63, 3.8) is 0 Å². The number of nitrogens with zero attached hydrogens (tertiary/aromatic N) is 2. The van der Waals surface area contributed by atoms with E-state index in [1.165, 1.54) is 68.3 Å². The topological polar surface area (TPSA) is 507 Å². The van der Waals surface area contributed by atoms with Gasteiger partial charge in [-0.05, 0) is 157 Å². The van der Waals surface area contributed by atoms with Crippen LogP contribution in [0.3, 0.4) is 0 Å². The smallest absolute Gasteiger partial charge is 0.407 e. The van der Waals surface area contributed by atoms with Crippen molar-refractivity contribution in [1.82, 2.24) is 20.4 Å². The predicted molar refractivity (Wildman–Crippen MR) is 476 cm³/mol. The quantitative estimate of drug-likeness (QED) is 0.0168. The molecule has 6 aliphatic rings. The van der Waals surface area contributed by atoms with Crippen molar-refractivity contribution in [1.29, 1.82) is 0 Å². The first-order chi connectivity index (χ1) is 59.5. The lowest BCUT2D eigenvalue weighted by Crippen LogP contribution is -2.44. The fraction of sp³-hybridized carbons (Fsp3) is 0.353. The fourth-order valence-electron chi connectivity index (χ4n) is 16.1. The lowest BCUT2D eigenvalue weighted by Gasteiger charge is -2.36. The Balaban J connectivity index is 0.000000158. The number of rotatable bonds is 24. The Bertz CT molecular complexity index is 6140. The van der Waals surface area contributed by atoms with Crippen LogP contribution in [0, 0.1) is 0 Å². The van der Waals surface area contributed by atoms with Gasteiger partial charge in [-0.15, -0.1) is 34.0 Å². The fourth-order valence-corrected chi connectivity index (χ4v) is 29.4. The third-order valence-corrected chi connectivity index (χ3v) is 38.5. The molecule has 6 aromatic carbocycles. The van der Waals surface area contributed by atoms with Gasteiger partial charge in [0.25, 0.3) is 0 Å². The number of carbonyl (C=O) groups excluding carboxylic acids is 6. The second-order valence-electron chi connectivity index (χ2n) is 30.3. The Labute approximate surface area is 748 Å². The number of carbonyl (C=O) groups is 7. The van der Waals surface area contributed by atoms with E-state index in [2.05, 4.69) is 47.0 Å². The van der Waals surface area contributed by atoms with Gasteiger partial charge in [-0.25, -0.2) is 70.7 Å². The summed E-state index contributed by atoms with van der Waals surface area (Å²) in [5, 5.41) is 27.1. The molecule has 0 fully saturated rings. The number of fused-ring (bicyclic) bond motifs is 12. The Kier molecular flexibility index (Phi) is 31.2. The third-order valence-electron chi connectivity index (χ3n) is 22.3. The van der Waals surface area contributed by atoms with E-state index in [1.807, 2.05) is 116 Å². The number of benzene rings is 6. The lowest BCUT2D eigenvalue weighted by atomic mass is 9.98. The second kappa shape index (κ2) is 40.4. The van der Waals surface area contributed by atoms with Crippen LogP contribution in [0.1, 0.15) is 172 Å². The maximum absolute atomic E-state index is 13.2. The van der Waals surface area contributed by atoms with Crippen molar-refractivity contribution in [2.45, 2.75) is 163 Å². The largest absolute Gasteiger partial charge is 0.481 e. The minimum absolute atomic E-state index is 0.0121. The van der Waals surface area contributed by atoms with Crippen LogP contribution in [0.2, 0.25) is 0 Å². The van der Waals surface area contributed by atoms with Gasteiger partial charge in [0, 0.05) is 60.0 Å². The minimum Gasteiger partial charge on any atom is -0.481 e. The number of hydrogen-bond donors (Lipinski definition) is 7. The average Bonchev–Trinajstić information content (AvgIpc) is 1.58. The summed E-state index contributed by atoms with van der Waals surface area (Å²) >= 11 is 7.21. The summed E-state index contributed by atoms with van der Waals surface area (Å²) in [6, 6.07) is 50.9. The normalized spacial score (nSPS) is 18.7. The van der Waals surface area contributed by atoms with E-state index >= 15 is 0 Å². The van der Waals surface area contributed by atoms with Crippen molar-refractivity contribution < 1.29 is 103 Å². The summed E-state index contributed by atoms with van der Waals surface area (Å²) in [5.74, 6) is -2.70. The SMILES string of the molecule is CCN(C(=O)CN)[C@H]1C[C@H](C)S(=O)(=O)c2sc(S(N)(=O)=O)cc21.CCN(C(=O)CNC(=O)OCC1c2ccccc2-c2ccccc21)[C@H]1C[C@H](C)S(=O)(=O)c2sc(S(N)(=O)=O)cc21.CCN[C@H]1C[C@H](C)S(=O)(=O)c2sc(S(N)(=O)=O)cc21.O=C(Cl)CCC(=O)OCC1c2ccccc2-c2ccccc21.O=C(O)CCC(=O)OCC1c2ccccc2-c2ccccc21. The molecule has 15 rings (SSSR count). The average molecular weight is 1920 g/mol. The Morgan fingerprint density at radius 2 is 0.746 bits per heavy atom. The number of halogens is 1. The van der Waals surface area contributed by atoms with E-state index in [-0.39, 0.29) is 139 Å². The number of carboxylic acid groups (broad SMARTS) is 1. The number of nitrogens with one attached hydrogen (secondary N) is 2. The summed E-state index contributed by atoms with van der Waals surface area (Å²) in [6.45, 7) is 11.4. The number of ether oxygens (including phenoxy) is 3. The van der Waals surface area contributed by atoms with Crippen molar-refractivity contribution in [2.24, 2.45) is 21.2 Å². The second-order valence-corrected chi connectivity index (χ2v) is 46.9. The maximum Gasteiger partial charge on any atom is 0.407 e. The molecule has 6 atom stereocenters. The van der Waals surface area contributed by atoms with E-state index in [9.17, 15) is 84.1 Å². The molecule has 3 aliphatic carbocycles. The number of alkyl carbamates (subject to hydrolysis) is 1. The minimum atomic E-state index is -4.14. The molecule has 0 spiro atoms. The molecule has 41 heteroatoms. The number of esters is 2. The van der Waals surface area contributed by atoms with Gasteiger partial charge in [0.15, 0.2) is 29.5 Å². The van der Waals surface area contributed by atoms with E-state index in [4.69, 9.17) is 52.1 Å². The van der Waals surface area contributed by atoms with Gasteiger partial charge in [0.05, 0.1) is 53.6 Å². The lowest BCUT2D eigenvalue weighted by molar-refractivity contribution is -0.147. The number of sulfonamides is 3. The molecular weight excluding hydrogens is 1830 g/mol. The summed E-state index contributed by atoms with van der Waals surface area (Å²) in [4.78, 5) is 85.3. The van der Waals surface area contributed by atoms with Crippen LogP contribution in [0.25, 0.3) is 33.4 Å². The van der Waals surface area contributed by atoms with Gasteiger partial charge < -0.3 is 45.5 Å². The summed E-state index contributed by atoms with van der Waals surface area (Å²) in [7, 11) is -22.9. The Morgan fingerprint density at radius 1 is 0.444 bits per heavy atom. The van der Waals surface area contributed by atoms with Crippen LogP contribution in [0.15, 0.2) is 189 Å². The van der Waals surface area contributed by atoms with E-state index in [0.717, 1.165) is 44.7 Å². The Hall–Kier alpha value is -9.50. The van der Waals surface area contributed by atoms with Crippen LogP contribution in [0.5, 0.6) is 0 Å². The number of aliphatic carboxylic acids is 1. The number of likely N-dealkylation sites (N-methyl/N-ethyl adjacent to an activating group) is 2.